The minimum absolute atomic E-state index is 0.173. The molecule has 4 rings (SSSR count). The third-order valence-corrected chi connectivity index (χ3v) is 6.24. The molecule has 0 unspecified atom stereocenters. The summed E-state index contributed by atoms with van der Waals surface area (Å²) in [5.74, 6) is 1.81. The van der Waals surface area contributed by atoms with E-state index in [0.29, 0.717) is 28.4 Å². The number of benzene rings is 4. The van der Waals surface area contributed by atoms with Gasteiger partial charge in [0.1, 0.15) is 23.9 Å². The molecular formula is C30H29FO4. The van der Waals surface area contributed by atoms with Gasteiger partial charge in [-0.2, -0.15) is 0 Å². The maximum atomic E-state index is 14.3. The Morgan fingerprint density at radius 3 is 1.71 bits per heavy atom. The molecule has 0 spiro atoms. The van der Waals surface area contributed by atoms with E-state index in [0.717, 1.165) is 22.3 Å². The van der Waals surface area contributed by atoms with Crippen molar-refractivity contribution in [2.75, 3.05) is 14.2 Å². The molecule has 5 heteroatoms. The number of aliphatic hydroxyl groups is 1. The van der Waals surface area contributed by atoms with Crippen LogP contribution in [0, 0.1) is 6.92 Å². The van der Waals surface area contributed by atoms with Crippen LogP contribution in [-0.4, -0.2) is 19.3 Å². The fourth-order valence-electron chi connectivity index (χ4n) is 4.38. The Morgan fingerprint density at radius 2 is 1.26 bits per heavy atom. The first kappa shape index (κ1) is 24.3. The summed E-state index contributed by atoms with van der Waals surface area (Å²) < 4.78 is 32.0. The van der Waals surface area contributed by atoms with Crippen LogP contribution < -0.4 is 14.2 Å². The monoisotopic (exact) mass is 472 g/mol. The Bertz CT molecular complexity index is 1200. The van der Waals surface area contributed by atoms with Gasteiger partial charge in [0, 0.05) is 22.3 Å². The van der Waals surface area contributed by atoms with E-state index in [1.54, 1.807) is 26.4 Å². The Morgan fingerprint density at radius 1 is 0.743 bits per heavy atom. The molecule has 0 bridgehead atoms. The van der Waals surface area contributed by atoms with Gasteiger partial charge in [0.15, 0.2) is 5.60 Å². The first-order chi connectivity index (χ1) is 17.0. The molecule has 4 aromatic carbocycles. The van der Waals surface area contributed by atoms with Gasteiger partial charge in [-0.1, -0.05) is 60.7 Å². The fraction of sp³-hybridized carbons (Fsp3) is 0.200. The van der Waals surface area contributed by atoms with Crippen molar-refractivity contribution >= 4 is 0 Å². The molecule has 0 aromatic heterocycles. The first-order valence-electron chi connectivity index (χ1n) is 11.4. The van der Waals surface area contributed by atoms with E-state index in [2.05, 4.69) is 0 Å². The molecule has 4 nitrogen and oxygen atoms in total. The third kappa shape index (κ3) is 4.73. The van der Waals surface area contributed by atoms with E-state index in [9.17, 15) is 9.50 Å². The second-order valence-electron chi connectivity index (χ2n) is 8.29. The molecular weight excluding hydrogens is 443 g/mol. The van der Waals surface area contributed by atoms with E-state index >= 15 is 0 Å². The Kier molecular flexibility index (Phi) is 7.37. The SMILES string of the molecule is COc1ccc(C(Oc2cc(CO)cc(C)c2CF)(c2ccccc2)c2ccc(OC)cc2)cc1. The first-order valence-corrected chi connectivity index (χ1v) is 11.4. The van der Waals surface area contributed by atoms with Gasteiger partial charge in [-0.3, -0.25) is 0 Å². The van der Waals surface area contributed by atoms with Crippen LogP contribution in [0.2, 0.25) is 0 Å². The van der Waals surface area contributed by atoms with Gasteiger partial charge >= 0.3 is 0 Å². The predicted octanol–water partition coefficient (Wildman–Crippen LogP) is 6.34. The number of methoxy groups -OCH3 is 2. The molecule has 0 aliphatic rings. The Labute approximate surface area is 205 Å². The number of rotatable bonds is 9. The quantitative estimate of drug-likeness (QED) is 0.289. The topological polar surface area (TPSA) is 47.9 Å². The summed E-state index contributed by atoms with van der Waals surface area (Å²) in [7, 11) is 3.24. The molecule has 35 heavy (non-hydrogen) atoms. The normalized spacial score (nSPS) is 11.2. The lowest BCUT2D eigenvalue weighted by Gasteiger charge is -2.37. The highest BCUT2D eigenvalue weighted by Crippen LogP contribution is 2.43. The van der Waals surface area contributed by atoms with Gasteiger partial charge in [-0.15, -0.1) is 0 Å². The molecule has 0 saturated carbocycles. The number of hydrogen-bond acceptors (Lipinski definition) is 4. The van der Waals surface area contributed by atoms with Crippen LogP contribution in [0.1, 0.15) is 33.4 Å². The number of aliphatic hydroxyl groups excluding tert-OH is 1. The van der Waals surface area contributed by atoms with Crippen molar-refractivity contribution in [3.05, 3.63) is 124 Å². The average molecular weight is 473 g/mol. The third-order valence-electron chi connectivity index (χ3n) is 6.24. The predicted molar refractivity (Wildman–Crippen MR) is 135 cm³/mol. The van der Waals surface area contributed by atoms with E-state index < -0.39 is 12.3 Å². The molecule has 1 N–H and O–H groups in total. The van der Waals surface area contributed by atoms with Gasteiger partial charge in [0.2, 0.25) is 0 Å². The van der Waals surface area contributed by atoms with Crippen LogP contribution in [0.15, 0.2) is 91.0 Å². The molecule has 0 heterocycles. The molecule has 0 fully saturated rings. The van der Waals surface area contributed by atoms with Gasteiger partial charge in [0.05, 0.1) is 20.8 Å². The lowest BCUT2D eigenvalue weighted by Crippen LogP contribution is -2.36. The highest BCUT2D eigenvalue weighted by molar-refractivity contribution is 5.53. The van der Waals surface area contributed by atoms with Crippen LogP contribution in [0.4, 0.5) is 4.39 Å². The zero-order chi connectivity index (χ0) is 24.8. The maximum absolute atomic E-state index is 14.3. The second kappa shape index (κ2) is 10.6. The zero-order valence-corrected chi connectivity index (χ0v) is 20.1. The number of halogens is 1. The molecule has 0 saturated heterocycles. The molecule has 0 aliphatic heterocycles. The van der Waals surface area contributed by atoms with Gasteiger partial charge in [-0.05, 0) is 48.4 Å². The molecule has 0 atom stereocenters. The average Bonchev–Trinajstić information content (AvgIpc) is 2.92. The summed E-state index contributed by atoms with van der Waals surface area (Å²) in [6, 6.07) is 28.7. The van der Waals surface area contributed by atoms with Crippen LogP contribution in [0.5, 0.6) is 17.2 Å². The Hall–Kier alpha value is -3.83. The highest BCUT2D eigenvalue weighted by atomic mass is 19.1. The van der Waals surface area contributed by atoms with Crippen LogP contribution in [-0.2, 0) is 18.9 Å². The second-order valence-corrected chi connectivity index (χ2v) is 8.29. The van der Waals surface area contributed by atoms with E-state index in [-0.39, 0.29) is 6.61 Å². The fourth-order valence-corrected chi connectivity index (χ4v) is 4.38. The van der Waals surface area contributed by atoms with Crippen molar-refractivity contribution in [1.29, 1.82) is 0 Å². The van der Waals surface area contributed by atoms with E-state index in [1.807, 2.05) is 85.8 Å². The summed E-state index contributed by atoms with van der Waals surface area (Å²) in [5.41, 5.74) is 3.25. The maximum Gasteiger partial charge on any atom is 0.184 e. The number of aryl methyl sites for hydroxylation is 1. The van der Waals surface area contributed by atoms with Crippen molar-refractivity contribution in [3.8, 4) is 17.2 Å². The van der Waals surface area contributed by atoms with Crippen molar-refractivity contribution < 1.29 is 23.7 Å². The summed E-state index contributed by atoms with van der Waals surface area (Å²) in [4.78, 5) is 0. The van der Waals surface area contributed by atoms with E-state index in [1.165, 1.54) is 0 Å². The van der Waals surface area contributed by atoms with Crippen LogP contribution in [0.25, 0.3) is 0 Å². The zero-order valence-electron chi connectivity index (χ0n) is 20.1. The standard InChI is InChI=1S/C30H29FO4/c1-21-17-22(20-32)18-29(28(21)19-31)35-30(23-7-5-4-6-8-23,24-9-13-26(33-2)14-10-24)25-11-15-27(34-3)16-12-25/h4-18,32H,19-20H2,1-3H3. The summed E-state index contributed by atoms with van der Waals surface area (Å²) in [6.45, 7) is 0.960. The summed E-state index contributed by atoms with van der Waals surface area (Å²) in [6.07, 6.45) is 0. The molecule has 180 valence electrons. The summed E-state index contributed by atoms with van der Waals surface area (Å²) in [5, 5.41) is 9.84. The Balaban J connectivity index is 2.04. The van der Waals surface area contributed by atoms with Crippen LogP contribution >= 0.6 is 0 Å². The lowest BCUT2D eigenvalue weighted by molar-refractivity contribution is 0.151. The van der Waals surface area contributed by atoms with Crippen LogP contribution in [0.3, 0.4) is 0 Å². The molecule has 4 aromatic rings. The molecule has 0 amide bonds. The highest BCUT2D eigenvalue weighted by Gasteiger charge is 2.40. The number of hydrogen-bond donors (Lipinski definition) is 1. The summed E-state index contributed by atoms with van der Waals surface area (Å²) >= 11 is 0. The lowest BCUT2D eigenvalue weighted by atomic mass is 9.79. The van der Waals surface area contributed by atoms with Gasteiger partial charge in [-0.25, -0.2) is 4.39 Å². The van der Waals surface area contributed by atoms with Crippen molar-refractivity contribution in [3.63, 3.8) is 0 Å². The van der Waals surface area contributed by atoms with Crippen molar-refractivity contribution in [1.82, 2.24) is 0 Å². The van der Waals surface area contributed by atoms with Crippen molar-refractivity contribution in [2.45, 2.75) is 25.8 Å². The van der Waals surface area contributed by atoms with Gasteiger partial charge in [0.25, 0.3) is 0 Å². The number of alkyl halides is 1. The smallest absolute Gasteiger partial charge is 0.184 e. The minimum Gasteiger partial charge on any atom is -0.497 e. The van der Waals surface area contributed by atoms with Crippen molar-refractivity contribution in [2.24, 2.45) is 0 Å². The minimum atomic E-state index is -1.12. The largest absolute Gasteiger partial charge is 0.497 e. The van der Waals surface area contributed by atoms with Gasteiger partial charge < -0.3 is 19.3 Å². The number of ether oxygens (including phenoxy) is 3. The molecule has 0 radical (unpaired) electrons. The molecule has 0 aliphatic carbocycles. The van der Waals surface area contributed by atoms with E-state index in [4.69, 9.17) is 14.2 Å².